The van der Waals surface area contributed by atoms with E-state index in [2.05, 4.69) is 27.0 Å². The van der Waals surface area contributed by atoms with Crippen LogP contribution in [0.3, 0.4) is 0 Å². The Morgan fingerprint density at radius 1 is 1.36 bits per heavy atom. The summed E-state index contributed by atoms with van der Waals surface area (Å²) in [4.78, 5) is 4.22. The summed E-state index contributed by atoms with van der Waals surface area (Å²) >= 11 is 3.33. The lowest BCUT2D eigenvalue weighted by Gasteiger charge is -2.22. The second-order valence-electron chi connectivity index (χ2n) is 2.83. The maximum absolute atomic E-state index is 4.22. The van der Waals surface area contributed by atoms with Crippen LogP contribution >= 0.6 is 15.9 Å². The highest BCUT2D eigenvalue weighted by Crippen LogP contribution is 2.19. The topological polar surface area (TPSA) is 12.9 Å². The van der Waals surface area contributed by atoms with Crippen molar-refractivity contribution in [2.24, 2.45) is 0 Å². The third kappa shape index (κ3) is 1.54. The average Bonchev–Trinajstić information content (AvgIpc) is 1.90. The molecule has 11 heavy (non-hydrogen) atoms. The van der Waals surface area contributed by atoms with Crippen LogP contribution in [0.1, 0.15) is 6.42 Å². The van der Waals surface area contributed by atoms with Gasteiger partial charge in [0, 0.05) is 6.20 Å². The molecule has 1 radical (unpaired) electrons. The fraction of sp³-hybridized carbons (Fsp3) is 0.375. The van der Waals surface area contributed by atoms with Crippen LogP contribution in [0.25, 0.3) is 0 Å². The van der Waals surface area contributed by atoms with E-state index in [1.165, 1.54) is 23.7 Å². The van der Waals surface area contributed by atoms with Crippen molar-refractivity contribution in [1.29, 1.82) is 0 Å². The maximum atomic E-state index is 4.22. The predicted molar refractivity (Wildman–Crippen MR) is 51.6 cm³/mol. The first-order valence-corrected chi connectivity index (χ1v) is 6.53. The van der Waals surface area contributed by atoms with Gasteiger partial charge in [-0.15, -0.1) is 0 Å². The van der Waals surface area contributed by atoms with Gasteiger partial charge in [-0.1, -0.05) is 24.6 Å². The molecular formula is C8H9BrNSi. The number of halogens is 1. The highest BCUT2D eigenvalue weighted by Gasteiger charge is 2.21. The number of nitrogens with zero attached hydrogens (tertiary/aromatic N) is 1. The van der Waals surface area contributed by atoms with Gasteiger partial charge in [-0.2, -0.15) is 0 Å². The molecule has 1 aliphatic rings. The molecule has 57 valence electrons. The lowest BCUT2D eigenvalue weighted by atomic mass is 10.5. The number of pyridine rings is 1. The molecule has 1 saturated heterocycles. The molecule has 1 fully saturated rings. The lowest BCUT2D eigenvalue weighted by Crippen LogP contribution is -2.36. The molecule has 0 atom stereocenters. The van der Waals surface area contributed by atoms with Crippen molar-refractivity contribution in [2.75, 3.05) is 0 Å². The third-order valence-corrected chi connectivity index (χ3v) is 5.59. The minimum atomic E-state index is -0.126. The van der Waals surface area contributed by atoms with E-state index in [-0.39, 0.29) is 8.80 Å². The molecule has 1 nitrogen and oxygen atoms in total. The summed E-state index contributed by atoms with van der Waals surface area (Å²) in [5, 5.41) is 1.50. The van der Waals surface area contributed by atoms with E-state index in [9.17, 15) is 0 Å². The van der Waals surface area contributed by atoms with E-state index in [0.29, 0.717) is 0 Å². The lowest BCUT2D eigenvalue weighted by molar-refractivity contribution is 0.950. The van der Waals surface area contributed by atoms with Gasteiger partial charge in [-0.3, -0.25) is 0 Å². The van der Waals surface area contributed by atoms with Gasteiger partial charge in [0.25, 0.3) is 0 Å². The Morgan fingerprint density at radius 2 is 2.18 bits per heavy atom. The Bertz CT molecular complexity index is 243. The van der Waals surface area contributed by atoms with Crippen LogP contribution < -0.4 is 5.19 Å². The largest absolute Gasteiger partial charge is 0.250 e. The first-order chi connectivity index (χ1) is 5.36. The molecule has 0 amide bonds. The first kappa shape index (κ1) is 7.49. The van der Waals surface area contributed by atoms with Gasteiger partial charge >= 0.3 is 0 Å². The Morgan fingerprint density at radius 3 is 2.64 bits per heavy atom. The van der Waals surface area contributed by atoms with Gasteiger partial charge in [-0.05, 0) is 27.2 Å². The fourth-order valence-corrected chi connectivity index (χ4v) is 3.31. The monoisotopic (exact) mass is 226 g/mol. The van der Waals surface area contributed by atoms with Crippen LogP contribution in [0.15, 0.2) is 22.9 Å². The SMILES string of the molecule is Brc1ccc([Si]2CCC2)cn1. The molecule has 0 aliphatic carbocycles. The van der Waals surface area contributed by atoms with Crippen molar-refractivity contribution in [3.05, 3.63) is 22.9 Å². The van der Waals surface area contributed by atoms with Gasteiger partial charge < -0.3 is 0 Å². The highest BCUT2D eigenvalue weighted by molar-refractivity contribution is 9.10. The minimum Gasteiger partial charge on any atom is -0.250 e. The summed E-state index contributed by atoms with van der Waals surface area (Å²) in [5.41, 5.74) is 0. The van der Waals surface area contributed by atoms with Crippen LogP contribution in [0.5, 0.6) is 0 Å². The molecule has 1 aliphatic heterocycles. The van der Waals surface area contributed by atoms with Crippen molar-refractivity contribution in [3.8, 4) is 0 Å². The second-order valence-corrected chi connectivity index (χ2v) is 6.42. The molecule has 2 heterocycles. The number of hydrogen-bond acceptors (Lipinski definition) is 1. The second kappa shape index (κ2) is 3.07. The van der Waals surface area contributed by atoms with Crippen LogP contribution in [0, 0.1) is 0 Å². The van der Waals surface area contributed by atoms with Crippen molar-refractivity contribution in [2.45, 2.75) is 18.5 Å². The summed E-state index contributed by atoms with van der Waals surface area (Å²) in [6.07, 6.45) is 3.46. The molecule has 1 aromatic heterocycles. The molecule has 0 N–H and O–H groups in total. The molecule has 0 saturated carbocycles. The Labute approximate surface area is 76.6 Å². The van der Waals surface area contributed by atoms with E-state index in [1.54, 1.807) is 0 Å². The summed E-state index contributed by atoms with van der Waals surface area (Å²) in [6.45, 7) is 0. The molecule has 3 heteroatoms. The third-order valence-electron chi connectivity index (χ3n) is 2.09. The highest BCUT2D eigenvalue weighted by atomic mass is 79.9. The van der Waals surface area contributed by atoms with Crippen LogP contribution in [-0.2, 0) is 0 Å². The molecule has 0 spiro atoms. The standard InChI is InChI=1S/C8H9BrNSi/c9-8-3-2-7(6-10-8)11-4-1-5-11/h2-3,6H,1,4-5H2. The quantitative estimate of drug-likeness (QED) is 0.528. The van der Waals surface area contributed by atoms with Crippen LogP contribution in [0.4, 0.5) is 0 Å². The van der Waals surface area contributed by atoms with E-state index < -0.39 is 0 Å². The van der Waals surface area contributed by atoms with E-state index in [1.807, 2.05) is 12.3 Å². The zero-order chi connectivity index (χ0) is 7.68. The molecule has 1 aromatic rings. The van der Waals surface area contributed by atoms with Crippen molar-refractivity contribution in [3.63, 3.8) is 0 Å². The van der Waals surface area contributed by atoms with Gasteiger partial charge in [0.15, 0.2) is 0 Å². The molecule has 0 aromatic carbocycles. The summed E-state index contributed by atoms with van der Waals surface area (Å²) in [7, 11) is -0.126. The number of rotatable bonds is 1. The molecule has 0 unspecified atom stereocenters. The average molecular weight is 227 g/mol. The normalized spacial score (nSPS) is 17.9. The zero-order valence-corrected chi connectivity index (χ0v) is 8.76. The van der Waals surface area contributed by atoms with Crippen molar-refractivity contribution >= 4 is 29.9 Å². The minimum absolute atomic E-state index is 0.126. The van der Waals surface area contributed by atoms with E-state index >= 15 is 0 Å². The van der Waals surface area contributed by atoms with Gasteiger partial charge in [-0.25, -0.2) is 4.98 Å². The zero-order valence-electron chi connectivity index (χ0n) is 6.18. The summed E-state index contributed by atoms with van der Waals surface area (Å²) in [6, 6.07) is 7.16. The fourth-order valence-electron chi connectivity index (χ4n) is 1.23. The molecular weight excluding hydrogens is 218 g/mol. The van der Waals surface area contributed by atoms with Gasteiger partial charge in [0.05, 0.1) is 8.80 Å². The Kier molecular flexibility index (Phi) is 2.09. The summed E-state index contributed by atoms with van der Waals surface area (Å²) < 4.78 is 0.947. The number of hydrogen-bond donors (Lipinski definition) is 0. The van der Waals surface area contributed by atoms with Crippen LogP contribution in [0.2, 0.25) is 12.1 Å². The molecule has 2 rings (SSSR count). The summed E-state index contributed by atoms with van der Waals surface area (Å²) in [5.74, 6) is 0. The number of aromatic nitrogens is 1. The van der Waals surface area contributed by atoms with Gasteiger partial charge in [0.1, 0.15) is 4.60 Å². The van der Waals surface area contributed by atoms with Crippen LogP contribution in [-0.4, -0.2) is 13.8 Å². The van der Waals surface area contributed by atoms with Crippen molar-refractivity contribution < 1.29 is 0 Å². The Hall–Kier alpha value is -0.153. The molecule has 0 bridgehead atoms. The smallest absolute Gasteiger partial charge is 0.106 e. The van der Waals surface area contributed by atoms with Gasteiger partial charge in [0.2, 0.25) is 0 Å². The first-order valence-electron chi connectivity index (χ1n) is 3.83. The van der Waals surface area contributed by atoms with E-state index in [4.69, 9.17) is 0 Å². The predicted octanol–water partition coefficient (Wildman–Crippen LogP) is 1.95. The maximum Gasteiger partial charge on any atom is 0.106 e. The van der Waals surface area contributed by atoms with Crippen molar-refractivity contribution in [1.82, 2.24) is 4.98 Å². The Balaban J connectivity index is 2.18. The van der Waals surface area contributed by atoms with E-state index in [0.717, 1.165) is 4.60 Å².